The van der Waals surface area contributed by atoms with Crippen LogP contribution in [0.1, 0.15) is 16.8 Å². The molecule has 3 heteroatoms. The van der Waals surface area contributed by atoms with Gasteiger partial charge < -0.3 is 5.32 Å². The lowest BCUT2D eigenvalue weighted by Crippen LogP contribution is -2.17. The number of aryl methyl sites for hydroxylation is 2. The molecule has 2 rings (SSSR count). The van der Waals surface area contributed by atoms with E-state index in [-0.39, 0.29) is 0 Å². The Morgan fingerprint density at radius 1 is 1.16 bits per heavy atom. The van der Waals surface area contributed by atoms with E-state index in [1.165, 1.54) is 16.0 Å². The Hall–Kier alpha value is -1.32. The molecular weight excluding hydrogens is 252 g/mol. The minimum atomic E-state index is 0.841. The van der Waals surface area contributed by atoms with Crippen LogP contribution in [0.4, 0.5) is 0 Å². The van der Waals surface area contributed by atoms with Crippen molar-refractivity contribution < 1.29 is 0 Å². The topological polar surface area (TPSA) is 24.9 Å². The van der Waals surface area contributed by atoms with Crippen molar-refractivity contribution in [3.8, 4) is 0 Å². The van der Waals surface area contributed by atoms with E-state index in [0.717, 1.165) is 24.5 Å². The van der Waals surface area contributed by atoms with Gasteiger partial charge in [0, 0.05) is 29.9 Å². The molecule has 0 amide bonds. The molecule has 2 nitrogen and oxygen atoms in total. The molecule has 0 unspecified atom stereocenters. The van der Waals surface area contributed by atoms with Gasteiger partial charge in [0.1, 0.15) is 0 Å². The van der Waals surface area contributed by atoms with Crippen molar-refractivity contribution in [1.82, 2.24) is 10.3 Å². The molecule has 1 heterocycles. The Morgan fingerprint density at radius 2 is 2.05 bits per heavy atom. The van der Waals surface area contributed by atoms with Gasteiger partial charge in [0.05, 0.1) is 5.69 Å². The molecule has 0 atom stereocenters. The first-order chi connectivity index (χ1) is 9.25. The number of hydrogen-bond donors (Lipinski definition) is 1. The van der Waals surface area contributed by atoms with Gasteiger partial charge in [0.15, 0.2) is 0 Å². The van der Waals surface area contributed by atoms with E-state index < -0.39 is 0 Å². The van der Waals surface area contributed by atoms with Crippen molar-refractivity contribution in [3.63, 3.8) is 0 Å². The summed E-state index contributed by atoms with van der Waals surface area (Å²) < 4.78 is 0. The predicted molar refractivity (Wildman–Crippen MR) is 82.6 cm³/mol. The molecule has 1 aromatic heterocycles. The van der Waals surface area contributed by atoms with E-state index in [9.17, 15) is 0 Å². The molecule has 0 radical (unpaired) electrons. The van der Waals surface area contributed by atoms with Gasteiger partial charge in [-0.25, -0.2) is 0 Å². The maximum absolute atomic E-state index is 4.29. The highest BCUT2D eigenvalue weighted by Gasteiger charge is 1.99. The molecule has 0 fully saturated rings. The molecule has 1 N–H and O–H groups in total. The molecule has 19 heavy (non-hydrogen) atoms. The highest BCUT2D eigenvalue weighted by atomic mass is 32.2. The number of rotatable bonds is 6. The second-order valence-electron chi connectivity index (χ2n) is 4.62. The first-order valence-electron chi connectivity index (χ1n) is 6.56. The molecule has 0 aliphatic rings. The number of aromatic nitrogens is 1. The lowest BCUT2D eigenvalue weighted by molar-refractivity contribution is 0.715. The van der Waals surface area contributed by atoms with Gasteiger partial charge in [-0.2, -0.15) is 0 Å². The second kappa shape index (κ2) is 7.31. The fourth-order valence-corrected chi connectivity index (χ4v) is 2.85. The number of thioether (sulfide) groups is 1. The number of hydrogen-bond acceptors (Lipinski definition) is 3. The maximum Gasteiger partial charge on any atom is 0.0541 e. The Kier molecular flexibility index (Phi) is 5.43. The van der Waals surface area contributed by atoms with Gasteiger partial charge in [-0.15, -0.1) is 11.8 Å². The van der Waals surface area contributed by atoms with Crippen molar-refractivity contribution in [2.45, 2.75) is 25.3 Å². The smallest absolute Gasteiger partial charge is 0.0541 e. The lowest BCUT2D eigenvalue weighted by Gasteiger charge is -2.07. The molecule has 0 aliphatic heterocycles. The number of pyridine rings is 1. The second-order valence-corrected chi connectivity index (χ2v) is 5.75. The molecule has 1 aromatic carbocycles. The van der Waals surface area contributed by atoms with Crippen LogP contribution in [0.15, 0.2) is 47.5 Å². The molecular formula is C16H20N2S. The Labute approximate surface area is 119 Å². The van der Waals surface area contributed by atoms with E-state index in [2.05, 4.69) is 42.3 Å². The largest absolute Gasteiger partial charge is 0.310 e. The van der Waals surface area contributed by atoms with Crippen LogP contribution in [-0.4, -0.2) is 17.3 Å². The summed E-state index contributed by atoms with van der Waals surface area (Å²) in [7, 11) is 0. The summed E-state index contributed by atoms with van der Waals surface area (Å²) in [6.07, 6.45) is 1.84. The summed E-state index contributed by atoms with van der Waals surface area (Å²) in [4.78, 5) is 5.68. The Morgan fingerprint density at radius 3 is 2.84 bits per heavy atom. The summed E-state index contributed by atoms with van der Waals surface area (Å²) in [6, 6.07) is 12.6. The van der Waals surface area contributed by atoms with Crippen LogP contribution in [0.5, 0.6) is 0 Å². The average Bonchev–Trinajstić information content (AvgIpc) is 2.43. The summed E-state index contributed by atoms with van der Waals surface area (Å²) in [5.41, 5.74) is 3.79. The zero-order valence-electron chi connectivity index (χ0n) is 11.5. The fraction of sp³-hybridized carbons (Fsp3) is 0.312. The van der Waals surface area contributed by atoms with E-state index in [0.29, 0.717) is 0 Å². The normalized spacial score (nSPS) is 10.6. The average molecular weight is 272 g/mol. The summed E-state index contributed by atoms with van der Waals surface area (Å²) in [6.45, 7) is 6.15. The SMILES string of the molecule is Cc1ccc(C)c(SCCNCc2ccccn2)c1. The highest BCUT2D eigenvalue weighted by Crippen LogP contribution is 2.22. The minimum Gasteiger partial charge on any atom is -0.310 e. The minimum absolute atomic E-state index is 0.841. The van der Waals surface area contributed by atoms with Crippen molar-refractivity contribution in [3.05, 3.63) is 59.4 Å². The van der Waals surface area contributed by atoms with Crippen LogP contribution in [0.3, 0.4) is 0 Å². The van der Waals surface area contributed by atoms with Gasteiger partial charge >= 0.3 is 0 Å². The van der Waals surface area contributed by atoms with Crippen LogP contribution in [0.2, 0.25) is 0 Å². The fourth-order valence-electron chi connectivity index (χ4n) is 1.82. The molecule has 0 saturated heterocycles. The highest BCUT2D eigenvalue weighted by molar-refractivity contribution is 7.99. The monoisotopic (exact) mass is 272 g/mol. The van der Waals surface area contributed by atoms with E-state index >= 15 is 0 Å². The maximum atomic E-state index is 4.29. The Balaban J connectivity index is 1.71. The van der Waals surface area contributed by atoms with Crippen molar-refractivity contribution in [2.75, 3.05) is 12.3 Å². The van der Waals surface area contributed by atoms with E-state index in [1.54, 1.807) is 0 Å². The number of nitrogens with one attached hydrogen (secondary N) is 1. The lowest BCUT2D eigenvalue weighted by atomic mass is 10.2. The standard InChI is InChI=1S/C16H20N2S/c1-13-6-7-14(2)16(11-13)19-10-9-17-12-15-5-3-4-8-18-15/h3-8,11,17H,9-10,12H2,1-2H3. The van der Waals surface area contributed by atoms with Crippen LogP contribution in [-0.2, 0) is 6.54 Å². The predicted octanol–water partition coefficient (Wildman–Crippen LogP) is 3.58. The summed E-state index contributed by atoms with van der Waals surface area (Å²) in [5, 5.41) is 3.42. The van der Waals surface area contributed by atoms with E-state index in [1.807, 2.05) is 36.2 Å². The van der Waals surface area contributed by atoms with Gasteiger partial charge in [-0.05, 0) is 37.6 Å². The van der Waals surface area contributed by atoms with Crippen LogP contribution in [0, 0.1) is 13.8 Å². The van der Waals surface area contributed by atoms with E-state index in [4.69, 9.17) is 0 Å². The van der Waals surface area contributed by atoms with Crippen molar-refractivity contribution in [1.29, 1.82) is 0 Å². The van der Waals surface area contributed by atoms with Gasteiger partial charge in [-0.3, -0.25) is 4.98 Å². The third-order valence-corrected chi connectivity index (χ3v) is 4.07. The van der Waals surface area contributed by atoms with Crippen LogP contribution >= 0.6 is 11.8 Å². The third-order valence-electron chi connectivity index (χ3n) is 2.91. The molecule has 0 aliphatic carbocycles. The Bertz CT molecular complexity index is 511. The van der Waals surface area contributed by atoms with Crippen LogP contribution in [0.25, 0.3) is 0 Å². The number of nitrogens with zero attached hydrogens (tertiary/aromatic N) is 1. The van der Waals surface area contributed by atoms with Crippen LogP contribution < -0.4 is 5.32 Å². The first-order valence-corrected chi connectivity index (χ1v) is 7.55. The summed E-state index contributed by atoms with van der Waals surface area (Å²) >= 11 is 1.91. The van der Waals surface area contributed by atoms with Crippen molar-refractivity contribution >= 4 is 11.8 Å². The molecule has 0 bridgehead atoms. The van der Waals surface area contributed by atoms with Gasteiger partial charge in [0.25, 0.3) is 0 Å². The van der Waals surface area contributed by atoms with Crippen molar-refractivity contribution in [2.24, 2.45) is 0 Å². The summed E-state index contributed by atoms with van der Waals surface area (Å²) in [5.74, 6) is 1.08. The third kappa shape index (κ3) is 4.69. The number of benzene rings is 1. The molecule has 0 saturated carbocycles. The molecule has 2 aromatic rings. The van der Waals surface area contributed by atoms with Gasteiger partial charge in [-0.1, -0.05) is 23.8 Å². The first kappa shape index (κ1) is 14.1. The zero-order chi connectivity index (χ0) is 13.5. The molecule has 100 valence electrons. The van der Waals surface area contributed by atoms with Gasteiger partial charge in [0.2, 0.25) is 0 Å². The zero-order valence-corrected chi connectivity index (χ0v) is 12.3. The quantitative estimate of drug-likeness (QED) is 0.642. The molecule has 0 spiro atoms.